The zero-order valence-electron chi connectivity index (χ0n) is 14.3. The minimum absolute atomic E-state index is 0.0284. The third-order valence-corrected chi connectivity index (χ3v) is 4.13. The average Bonchev–Trinajstić information content (AvgIpc) is 2.93. The molecule has 0 spiro atoms. The van der Waals surface area contributed by atoms with Gasteiger partial charge in [-0.1, -0.05) is 0 Å². The monoisotopic (exact) mass is 368 g/mol. The van der Waals surface area contributed by atoms with Crippen LogP contribution in [0.5, 0.6) is 5.75 Å². The number of allylic oxidation sites excluding steroid dienone is 1. The molecule has 9 heteroatoms. The molecule has 1 aliphatic rings. The molecule has 0 amide bonds. The highest BCUT2D eigenvalue weighted by Gasteiger charge is 2.32. The van der Waals surface area contributed by atoms with Crippen molar-refractivity contribution in [3.05, 3.63) is 53.5 Å². The zero-order valence-corrected chi connectivity index (χ0v) is 14.3. The number of imidazole rings is 1. The molecule has 1 aromatic heterocycles. The SMILES string of the molecule is COc1cc(N2C=C(F)C(c3cnc(C)n3C)=NC2)cc(C(F)(F)F)c1. The number of benzene rings is 1. The van der Waals surface area contributed by atoms with Gasteiger partial charge < -0.3 is 14.2 Å². The first-order chi connectivity index (χ1) is 12.2. The molecule has 0 aliphatic carbocycles. The predicted molar refractivity (Wildman–Crippen MR) is 89.0 cm³/mol. The third-order valence-electron chi connectivity index (χ3n) is 4.13. The molecular weight excluding hydrogens is 352 g/mol. The Hall–Kier alpha value is -2.84. The number of aryl methyl sites for hydroxylation is 1. The van der Waals surface area contributed by atoms with Gasteiger partial charge in [-0.25, -0.2) is 9.37 Å². The number of rotatable bonds is 3. The number of hydrogen-bond donors (Lipinski definition) is 0. The van der Waals surface area contributed by atoms with Crippen LogP contribution in [-0.2, 0) is 13.2 Å². The maximum absolute atomic E-state index is 14.6. The Morgan fingerprint density at radius 1 is 1.19 bits per heavy atom. The minimum atomic E-state index is -4.54. The molecular formula is C17H16F4N4O. The molecule has 138 valence electrons. The number of alkyl halides is 3. The van der Waals surface area contributed by atoms with Gasteiger partial charge in [0.15, 0.2) is 5.83 Å². The molecule has 3 rings (SSSR count). The molecule has 2 heterocycles. The van der Waals surface area contributed by atoms with Crippen LogP contribution in [0.1, 0.15) is 17.1 Å². The first-order valence-electron chi connectivity index (χ1n) is 7.64. The summed E-state index contributed by atoms with van der Waals surface area (Å²) >= 11 is 0. The van der Waals surface area contributed by atoms with E-state index in [4.69, 9.17) is 4.74 Å². The number of aromatic nitrogens is 2. The van der Waals surface area contributed by atoms with E-state index in [1.54, 1.807) is 18.5 Å². The van der Waals surface area contributed by atoms with Gasteiger partial charge in [-0.3, -0.25) is 4.99 Å². The largest absolute Gasteiger partial charge is 0.497 e. The summed E-state index contributed by atoms with van der Waals surface area (Å²) in [5, 5.41) is 0. The topological polar surface area (TPSA) is 42.6 Å². The fourth-order valence-corrected chi connectivity index (χ4v) is 2.57. The summed E-state index contributed by atoms with van der Waals surface area (Å²) < 4.78 is 60.4. The number of methoxy groups -OCH3 is 1. The number of nitrogens with zero attached hydrogens (tertiary/aromatic N) is 4. The van der Waals surface area contributed by atoms with Crippen LogP contribution in [0.2, 0.25) is 0 Å². The van der Waals surface area contributed by atoms with Crippen molar-refractivity contribution in [2.24, 2.45) is 12.0 Å². The molecule has 0 bridgehead atoms. The quantitative estimate of drug-likeness (QED) is 0.774. The van der Waals surface area contributed by atoms with E-state index in [0.29, 0.717) is 11.5 Å². The van der Waals surface area contributed by atoms with Gasteiger partial charge in [0.2, 0.25) is 0 Å². The number of aliphatic imine (C=N–C) groups is 1. The molecule has 5 nitrogen and oxygen atoms in total. The highest BCUT2D eigenvalue weighted by atomic mass is 19.4. The van der Waals surface area contributed by atoms with Crippen LogP contribution >= 0.6 is 0 Å². The van der Waals surface area contributed by atoms with Crippen LogP contribution in [-0.4, -0.2) is 29.0 Å². The van der Waals surface area contributed by atoms with Crippen LogP contribution in [0.15, 0.2) is 41.4 Å². The summed E-state index contributed by atoms with van der Waals surface area (Å²) in [6, 6.07) is 3.22. The lowest BCUT2D eigenvalue weighted by Gasteiger charge is -2.24. The molecule has 0 N–H and O–H groups in total. The van der Waals surface area contributed by atoms with E-state index in [9.17, 15) is 17.6 Å². The van der Waals surface area contributed by atoms with Crippen molar-refractivity contribution < 1.29 is 22.3 Å². The number of ether oxygens (including phenoxy) is 1. The summed E-state index contributed by atoms with van der Waals surface area (Å²) in [5.74, 6) is 0.0665. The highest BCUT2D eigenvalue weighted by Crippen LogP contribution is 2.36. The Balaban J connectivity index is 1.95. The maximum atomic E-state index is 14.6. The third kappa shape index (κ3) is 3.29. The molecule has 0 atom stereocenters. The van der Waals surface area contributed by atoms with Crippen molar-refractivity contribution >= 4 is 11.4 Å². The molecule has 26 heavy (non-hydrogen) atoms. The average molecular weight is 368 g/mol. The van der Waals surface area contributed by atoms with Crippen LogP contribution < -0.4 is 9.64 Å². The normalized spacial score (nSPS) is 15.0. The van der Waals surface area contributed by atoms with Crippen molar-refractivity contribution in [1.29, 1.82) is 0 Å². The minimum Gasteiger partial charge on any atom is -0.497 e. The predicted octanol–water partition coefficient (Wildman–Crippen LogP) is 3.83. The zero-order chi connectivity index (χ0) is 19.1. The fourth-order valence-electron chi connectivity index (χ4n) is 2.57. The molecule has 1 aromatic carbocycles. The van der Waals surface area contributed by atoms with Gasteiger partial charge in [0.25, 0.3) is 0 Å². The lowest BCUT2D eigenvalue weighted by molar-refractivity contribution is -0.137. The number of halogens is 4. The van der Waals surface area contributed by atoms with Gasteiger partial charge in [-0.2, -0.15) is 13.2 Å². The van der Waals surface area contributed by atoms with E-state index in [0.717, 1.165) is 18.3 Å². The van der Waals surface area contributed by atoms with Gasteiger partial charge in [-0.05, 0) is 19.1 Å². The smallest absolute Gasteiger partial charge is 0.416 e. The summed E-state index contributed by atoms with van der Waals surface area (Å²) in [5.41, 5.74) is -0.130. The van der Waals surface area contributed by atoms with Gasteiger partial charge in [0, 0.05) is 25.0 Å². The molecule has 0 saturated carbocycles. The summed E-state index contributed by atoms with van der Waals surface area (Å²) in [6.45, 7) is 1.74. The first kappa shape index (κ1) is 18.0. The molecule has 0 saturated heterocycles. The van der Waals surface area contributed by atoms with E-state index in [-0.39, 0.29) is 23.8 Å². The van der Waals surface area contributed by atoms with E-state index < -0.39 is 17.6 Å². The lowest BCUT2D eigenvalue weighted by Crippen LogP contribution is -2.25. The second-order valence-electron chi connectivity index (χ2n) is 5.76. The lowest BCUT2D eigenvalue weighted by atomic mass is 10.1. The van der Waals surface area contributed by atoms with Crippen molar-refractivity contribution in [3.63, 3.8) is 0 Å². The highest BCUT2D eigenvalue weighted by molar-refractivity contribution is 6.10. The van der Waals surface area contributed by atoms with Crippen LogP contribution in [0.4, 0.5) is 23.2 Å². The summed E-state index contributed by atoms with van der Waals surface area (Å²) in [4.78, 5) is 9.57. The Labute approximate surface area is 147 Å². The first-order valence-corrected chi connectivity index (χ1v) is 7.64. The van der Waals surface area contributed by atoms with Crippen molar-refractivity contribution in [3.8, 4) is 5.75 Å². The standard InChI is InChI=1S/C17H16F4N4O/c1-10-22-7-15(24(10)2)16-14(18)8-25(9-23-16)12-4-11(17(19,20)21)5-13(6-12)26-3/h4-8H,9H2,1-3H3. The molecule has 1 aliphatic heterocycles. The Kier molecular flexibility index (Phi) is 4.47. The van der Waals surface area contributed by atoms with E-state index in [1.165, 1.54) is 24.3 Å². The summed E-state index contributed by atoms with van der Waals surface area (Å²) in [7, 11) is 3.00. The van der Waals surface area contributed by atoms with E-state index in [2.05, 4.69) is 9.98 Å². The van der Waals surface area contributed by atoms with E-state index >= 15 is 0 Å². The molecule has 0 fully saturated rings. The van der Waals surface area contributed by atoms with Crippen LogP contribution in [0.3, 0.4) is 0 Å². The second kappa shape index (κ2) is 6.47. The summed E-state index contributed by atoms with van der Waals surface area (Å²) in [6.07, 6.45) is -1.91. The number of hydrogen-bond acceptors (Lipinski definition) is 4. The maximum Gasteiger partial charge on any atom is 0.416 e. The second-order valence-corrected chi connectivity index (χ2v) is 5.76. The van der Waals surface area contributed by atoms with Crippen molar-refractivity contribution in [1.82, 2.24) is 9.55 Å². The van der Waals surface area contributed by atoms with Gasteiger partial charge in [0.05, 0.1) is 24.6 Å². The molecule has 2 aromatic rings. The Bertz CT molecular complexity index is 899. The Morgan fingerprint density at radius 2 is 1.92 bits per heavy atom. The van der Waals surface area contributed by atoms with Crippen LogP contribution in [0.25, 0.3) is 0 Å². The van der Waals surface area contributed by atoms with Gasteiger partial charge in [-0.15, -0.1) is 0 Å². The molecule has 0 unspecified atom stereocenters. The van der Waals surface area contributed by atoms with Gasteiger partial charge >= 0.3 is 6.18 Å². The number of anilines is 1. The van der Waals surface area contributed by atoms with Crippen LogP contribution in [0, 0.1) is 6.92 Å². The van der Waals surface area contributed by atoms with E-state index in [1.807, 2.05) is 0 Å². The van der Waals surface area contributed by atoms with Crippen molar-refractivity contribution in [2.45, 2.75) is 13.1 Å². The van der Waals surface area contributed by atoms with Gasteiger partial charge in [0.1, 0.15) is 24.0 Å². The Morgan fingerprint density at radius 3 is 2.46 bits per heavy atom. The molecule has 0 radical (unpaired) electrons. The fraction of sp³-hybridized carbons (Fsp3) is 0.294. The van der Waals surface area contributed by atoms with Crippen molar-refractivity contribution in [2.75, 3.05) is 18.7 Å².